The van der Waals surface area contributed by atoms with E-state index < -0.39 is 0 Å². The van der Waals surface area contributed by atoms with Crippen LogP contribution < -0.4 is 0 Å². The monoisotopic (exact) mass is 253 g/mol. The van der Waals surface area contributed by atoms with Crippen molar-refractivity contribution in [3.8, 4) is 0 Å². The van der Waals surface area contributed by atoms with Crippen LogP contribution in [0.1, 0.15) is 5.56 Å². The Hall–Kier alpha value is -0.830. The minimum atomic E-state index is -0.214. The lowest BCUT2D eigenvalue weighted by atomic mass is 9.92. The molecule has 0 amide bonds. The van der Waals surface area contributed by atoms with Gasteiger partial charge in [0.25, 0.3) is 0 Å². The third kappa shape index (κ3) is 3.56. The van der Waals surface area contributed by atoms with Crippen molar-refractivity contribution in [2.75, 3.05) is 26.7 Å². The molecule has 1 fully saturated rings. The van der Waals surface area contributed by atoms with E-state index in [0.29, 0.717) is 0 Å². The van der Waals surface area contributed by atoms with E-state index in [1.807, 2.05) is 12.1 Å². The van der Waals surface area contributed by atoms with E-state index in [4.69, 9.17) is 4.74 Å². The van der Waals surface area contributed by atoms with Crippen molar-refractivity contribution < 1.29 is 4.74 Å². The van der Waals surface area contributed by atoms with Gasteiger partial charge in [0.1, 0.15) is 5.60 Å². The van der Waals surface area contributed by atoms with E-state index in [1.165, 1.54) is 5.56 Å². The summed E-state index contributed by atoms with van der Waals surface area (Å²) in [5.41, 5.74) is 1.09. The first-order chi connectivity index (χ1) is 7.74. The smallest absolute Gasteiger partial charge is 0.103 e. The molecule has 1 aromatic carbocycles. The van der Waals surface area contributed by atoms with Crippen LogP contribution in [-0.2, 0) is 11.2 Å². The van der Waals surface area contributed by atoms with E-state index in [1.54, 1.807) is 0 Å². The fraction of sp³-hybridized carbons (Fsp3) is 0.429. The summed E-state index contributed by atoms with van der Waals surface area (Å²) < 4.78 is 5.93. The maximum absolute atomic E-state index is 5.93. The van der Waals surface area contributed by atoms with Crippen LogP contribution in [0.3, 0.4) is 0 Å². The number of benzene rings is 1. The van der Waals surface area contributed by atoms with Gasteiger partial charge in [0.15, 0.2) is 0 Å². The molecular weight excluding hydrogens is 234 g/mol. The van der Waals surface area contributed by atoms with Crippen LogP contribution in [0.15, 0.2) is 43.0 Å². The predicted octanol–water partition coefficient (Wildman–Crippen LogP) is 2.54. The van der Waals surface area contributed by atoms with Crippen LogP contribution in [0.2, 0.25) is 0 Å². The number of hydrogen-bond acceptors (Lipinski definition) is 2. The molecule has 0 bridgehead atoms. The van der Waals surface area contributed by atoms with Crippen LogP contribution >= 0.6 is 12.4 Å². The Bertz CT molecular complexity index is 354. The summed E-state index contributed by atoms with van der Waals surface area (Å²) >= 11 is 0. The zero-order chi connectivity index (χ0) is 11.4. The molecule has 2 rings (SSSR count). The Balaban J connectivity index is 0.00000144. The van der Waals surface area contributed by atoms with Gasteiger partial charge < -0.3 is 9.64 Å². The summed E-state index contributed by atoms with van der Waals surface area (Å²) in [5.74, 6) is 0. The first kappa shape index (κ1) is 14.2. The number of halogens is 1. The zero-order valence-electron chi connectivity index (χ0n) is 10.3. The maximum Gasteiger partial charge on any atom is 0.103 e. The minimum absolute atomic E-state index is 0. The van der Waals surface area contributed by atoms with Crippen molar-refractivity contribution in [1.29, 1.82) is 0 Å². The first-order valence-electron chi connectivity index (χ1n) is 5.74. The van der Waals surface area contributed by atoms with E-state index in [0.717, 1.165) is 26.1 Å². The van der Waals surface area contributed by atoms with E-state index in [-0.39, 0.29) is 18.0 Å². The molecule has 17 heavy (non-hydrogen) atoms. The highest BCUT2D eigenvalue weighted by atomic mass is 35.5. The number of likely N-dealkylation sites (N-methyl/N-ethyl adjacent to an activating group) is 1. The van der Waals surface area contributed by atoms with Gasteiger partial charge in [-0.1, -0.05) is 36.4 Å². The second-order valence-electron chi connectivity index (χ2n) is 4.52. The quantitative estimate of drug-likeness (QED) is 0.768. The van der Waals surface area contributed by atoms with Gasteiger partial charge in [-0.2, -0.15) is 0 Å². The van der Waals surface area contributed by atoms with Crippen LogP contribution in [-0.4, -0.2) is 37.2 Å². The summed E-state index contributed by atoms with van der Waals surface area (Å²) in [6.45, 7) is 6.65. The molecule has 0 spiro atoms. The topological polar surface area (TPSA) is 12.5 Å². The molecule has 3 heteroatoms. The van der Waals surface area contributed by atoms with Crippen LogP contribution in [0.25, 0.3) is 0 Å². The molecule has 0 radical (unpaired) electrons. The Morgan fingerprint density at radius 1 is 1.41 bits per heavy atom. The number of ether oxygens (including phenoxy) is 1. The number of hydrogen-bond donors (Lipinski definition) is 0. The SMILES string of the molecule is C=CC1(Cc2ccccc2)CN(C)CCO1.Cl. The molecule has 1 aliphatic heterocycles. The van der Waals surface area contributed by atoms with Gasteiger partial charge in [0, 0.05) is 19.5 Å². The Kier molecular flexibility index (Phi) is 5.19. The second-order valence-corrected chi connectivity index (χ2v) is 4.52. The zero-order valence-corrected chi connectivity index (χ0v) is 11.1. The molecule has 94 valence electrons. The fourth-order valence-electron chi connectivity index (χ4n) is 2.23. The van der Waals surface area contributed by atoms with Gasteiger partial charge in [0.05, 0.1) is 6.61 Å². The van der Waals surface area contributed by atoms with Crippen LogP contribution in [0.4, 0.5) is 0 Å². The molecule has 1 heterocycles. The highest BCUT2D eigenvalue weighted by Crippen LogP contribution is 2.23. The van der Waals surface area contributed by atoms with Crippen LogP contribution in [0, 0.1) is 0 Å². The molecule has 1 saturated heterocycles. The molecule has 1 aromatic rings. The standard InChI is InChI=1S/C14H19NO.ClH/c1-3-14(12-15(2)9-10-16-14)11-13-7-5-4-6-8-13;/h3-8H,1,9-12H2,2H3;1H. The van der Waals surface area contributed by atoms with E-state index in [9.17, 15) is 0 Å². The van der Waals surface area contributed by atoms with Crippen molar-refractivity contribution in [3.05, 3.63) is 48.6 Å². The summed E-state index contributed by atoms with van der Waals surface area (Å²) in [7, 11) is 2.13. The summed E-state index contributed by atoms with van der Waals surface area (Å²) in [5, 5.41) is 0. The van der Waals surface area contributed by atoms with E-state index >= 15 is 0 Å². The maximum atomic E-state index is 5.93. The lowest BCUT2D eigenvalue weighted by Crippen LogP contribution is -2.50. The van der Waals surface area contributed by atoms with Gasteiger partial charge in [-0.05, 0) is 12.6 Å². The van der Waals surface area contributed by atoms with E-state index in [2.05, 4.69) is 42.8 Å². The Morgan fingerprint density at radius 2 is 2.12 bits per heavy atom. The number of nitrogens with zero attached hydrogens (tertiary/aromatic N) is 1. The fourth-order valence-corrected chi connectivity index (χ4v) is 2.23. The minimum Gasteiger partial charge on any atom is -0.368 e. The highest BCUT2D eigenvalue weighted by molar-refractivity contribution is 5.85. The van der Waals surface area contributed by atoms with Crippen molar-refractivity contribution >= 4 is 12.4 Å². The molecule has 0 aliphatic carbocycles. The van der Waals surface area contributed by atoms with Gasteiger partial charge in [0.2, 0.25) is 0 Å². The molecule has 0 N–H and O–H groups in total. The average molecular weight is 254 g/mol. The van der Waals surface area contributed by atoms with Gasteiger partial charge >= 0.3 is 0 Å². The van der Waals surface area contributed by atoms with Crippen molar-refractivity contribution in [1.82, 2.24) is 4.90 Å². The summed E-state index contributed by atoms with van der Waals surface area (Å²) in [6.07, 6.45) is 2.86. The molecule has 1 unspecified atom stereocenters. The van der Waals surface area contributed by atoms with Gasteiger partial charge in [-0.3, -0.25) is 0 Å². The lowest BCUT2D eigenvalue weighted by Gasteiger charge is -2.39. The third-order valence-electron chi connectivity index (χ3n) is 3.12. The molecule has 1 aliphatic rings. The third-order valence-corrected chi connectivity index (χ3v) is 3.12. The normalized spacial score (nSPS) is 25.0. The average Bonchev–Trinajstić information content (AvgIpc) is 2.30. The summed E-state index contributed by atoms with van der Waals surface area (Å²) in [6, 6.07) is 10.5. The first-order valence-corrected chi connectivity index (χ1v) is 5.74. The highest BCUT2D eigenvalue weighted by Gasteiger charge is 2.32. The van der Waals surface area contributed by atoms with Gasteiger partial charge in [-0.15, -0.1) is 19.0 Å². The molecule has 0 saturated carbocycles. The van der Waals surface area contributed by atoms with Crippen LogP contribution in [0.5, 0.6) is 0 Å². The van der Waals surface area contributed by atoms with Crippen molar-refractivity contribution in [2.24, 2.45) is 0 Å². The Labute approximate surface area is 110 Å². The molecule has 0 aromatic heterocycles. The summed E-state index contributed by atoms with van der Waals surface area (Å²) in [4.78, 5) is 2.30. The lowest BCUT2D eigenvalue weighted by molar-refractivity contribution is -0.0709. The second kappa shape index (κ2) is 6.20. The predicted molar refractivity (Wildman–Crippen MR) is 73.8 cm³/mol. The molecule has 1 atom stereocenters. The number of rotatable bonds is 3. The molecular formula is C14H20ClNO. The largest absolute Gasteiger partial charge is 0.368 e. The molecule has 2 nitrogen and oxygen atoms in total. The van der Waals surface area contributed by atoms with Crippen molar-refractivity contribution in [3.63, 3.8) is 0 Å². The van der Waals surface area contributed by atoms with Crippen molar-refractivity contribution in [2.45, 2.75) is 12.0 Å². The number of morpholine rings is 1. The van der Waals surface area contributed by atoms with Gasteiger partial charge in [-0.25, -0.2) is 0 Å². The Morgan fingerprint density at radius 3 is 2.71 bits per heavy atom.